The Morgan fingerprint density at radius 3 is 2.59 bits per heavy atom. The summed E-state index contributed by atoms with van der Waals surface area (Å²) in [7, 11) is 0. The Hall–Kier alpha value is -0.0800. The van der Waals surface area contributed by atoms with Gasteiger partial charge in [-0.2, -0.15) is 0 Å². The van der Waals surface area contributed by atoms with Gasteiger partial charge in [-0.25, -0.2) is 0 Å². The zero-order chi connectivity index (χ0) is 12.8. The van der Waals surface area contributed by atoms with E-state index < -0.39 is 0 Å². The average Bonchev–Trinajstić information content (AvgIpc) is 2.31. The molecule has 0 radical (unpaired) electrons. The van der Waals surface area contributed by atoms with Gasteiger partial charge >= 0.3 is 0 Å². The predicted molar refractivity (Wildman–Crippen MR) is 76.4 cm³/mol. The van der Waals surface area contributed by atoms with Crippen LogP contribution >= 0.6 is 0 Å². The van der Waals surface area contributed by atoms with Crippen molar-refractivity contribution in [1.29, 1.82) is 0 Å². The van der Waals surface area contributed by atoms with E-state index in [4.69, 9.17) is 0 Å². The van der Waals surface area contributed by atoms with Gasteiger partial charge in [-0.3, -0.25) is 4.90 Å². The number of hydrogen-bond donors (Lipinski definition) is 1. The monoisotopic (exact) mass is 240 g/mol. The Labute approximate surface area is 108 Å². The van der Waals surface area contributed by atoms with Crippen LogP contribution in [0.15, 0.2) is 0 Å². The first-order valence-electron chi connectivity index (χ1n) is 7.55. The van der Waals surface area contributed by atoms with Crippen molar-refractivity contribution in [2.75, 3.05) is 19.6 Å². The van der Waals surface area contributed by atoms with Crippen LogP contribution in [0, 0.1) is 11.8 Å². The normalized spacial score (nSPS) is 30.2. The van der Waals surface area contributed by atoms with Gasteiger partial charge in [0.15, 0.2) is 0 Å². The molecule has 1 heterocycles. The predicted octanol–water partition coefficient (Wildman–Crippen LogP) is 3.13. The molecule has 4 unspecified atom stereocenters. The molecule has 1 fully saturated rings. The van der Waals surface area contributed by atoms with Crippen molar-refractivity contribution in [2.24, 2.45) is 11.8 Å². The lowest BCUT2D eigenvalue weighted by Gasteiger charge is -2.42. The van der Waals surface area contributed by atoms with Crippen molar-refractivity contribution in [1.82, 2.24) is 10.2 Å². The Morgan fingerprint density at radius 1 is 1.29 bits per heavy atom. The van der Waals surface area contributed by atoms with Gasteiger partial charge in [-0.05, 0) is 25.2 Å². The summed E-state index contributed by atoms with van der Waals surface area (Å²) >= 11 is 0. The minimum atomic E-state index is 0.699. The molecule has 4 atom stereocenters. The summed E-state index contributed by atoms with van der Waals surface area (Å²) in [5.74, 6) is 1.64. The Morgan fingerprint density at radius 2 is 2.00 bits per heavy atom. The SMILES string of the molecule is CCCC(C)CN1CC(C(C)CC)NCC1C. The average molecular weight is 240 g/mol. The highest BCUT2D eigenvalue weighted by Crippen LogP contribution is 2.18. The number of piperazine rings is 1. The van der Waals surface area contributed by atoms with Crippen LogP contribution in [0.2, 0.25) is 0 Å². The van der Waals surface area contributed by atoms with Crippen molar-refractivity contribution in [3.8, 4) is 0 Å². The molecule has 0 aliphatic carbocycles. The fourth-order valence-corrected chi connectivity index (χ4v) is 2.85. The maximum atomic E-state index is 3.71. The van der Waals surface area contributed by atoms with Gasteiger partial charge < -0.3 is 5.32 Å². The second-order valence-electron chi connectivity index (χ2n) is 6.10. The van der Waals surface area contributed by atoms with Crippen LogP contribution in [-0.2, 0) is 0 Å². The van der Waals surface area contributed by atoms with Crippen molar-refractivity contribution in [3.63, 3.8) is 0 Å². The van der Waals surface area contributed by atoms with Crippen LogP contribution in [0.25, 0.3) is 0 Å². The van der Waals surface area contributed by atoms with Gasteiger partial charge in [0.05, 0.1) is 0 Å². The maximum Gasteiger partial charge on any atom is 0.0221 e. The third-order valence-corrected chi connectivity index (χ3v) is 4.39. The van der Waals surface area contributed by atoms with Crippen LogP contribution in [-0.4, -0.2) is 36.6 Å². The molecule has 0 saturated carbocycles. The van der Waals surface area contributed by atoms with Gasteiger partial charge in [-0.15, -0.1) is 0 Å². The van der Waals surface area contributed by atoms with Gasteiger partial charge in [0.25, 0.3) is 0 Å². The third-order valence-electron chi connectivity index (χ3n) is 4.39. The van der Waals surface area contributed by atoms with Gasteiger partial charge in [-0.1, -0.05) is 40.5 Å². The fourth-order valence-electron chi connectivity index (χ4n) is 2.85. The molecule has 1 aliphatic heterocycles. The summed E-state index contributed by atoms with van der Waals surface area (Å²) in [5, 5.41) is 3.71. The van der Waals surface area contributed by atoms with E-state index in [0.717, 1.165) is 18.4 Å². The lowest BCUT2D eigenvalue weighted by atomic mass is 9.94. The van der Waals surface area contributed by atoms with Gasteiger partial charge in [0.1, 0.15) is 0 Å². The third kappa shape index (κ3) is 4.59. The first-order valence-corrected chi connectivity index (χ1v) is 7.55. The van der Waals surface area contributed by atoms with E-state index in [-0.39, 0.29) is 0 Å². The van der Waals surface area contributed by atoms with Gasteiger partial charge in [0, 0.05) is 31.7 Å². The molecule has 1 N–H and O–H groups in total. The summed E-state index contributed by atoms with van der Waals surface area (Å²) in [6.07, 6.45) is 3.96. The molecule has 1 rings (SSSR count). The van der Waals surface area contributed by atoms with Crippen LogP contribution in [0.1, 0.15) is 53.9 Å². The molecule has 1 aliphatic rings. The number of hydrogen-bond acceptors (Lipinski definition) is 2. The molecule has 0 aromatic rings. The minimum Gasteiger partial charge on any atom is -0.311 e. The molecule has 17 heavy (non-hydrogen) atoms. The van der Waals surface area contributed by atoms with Crippen molar-refractivity contribution in [2.45, 2.75) is 66.0 Å². The van der Waals surface area contributed by atoms with E-state index >= 15 is 0 Å². The number of nitrogens with one attached hydrogen (secondary N) is 1. The Kier molecular flexibility index (Phi) is 6.50. The smallest absolute Gasteiger partial charge is 0.0221 e. The van der Waals surface area contributed by atoms with E-state index in [1.165, 1.54) is 32.4 Å². The van der Waals surface area contributed by atoms with E-state index in [0.29, 0.717) is 12.1 Å². The van der Waals surface area contributed by atoms with E-state index in [9.17, 15) is 0 Å². The molecular weight excluding hydrogens is 208 g/mol. The molecule has 2 heteroatoms. The molecule has 1 saturated heterocycles. The highest BCUT2D eigenvalue weighted by molar-refractivity contribution is 4.86. The van der Waals surface area contributed by atoms with Crippen molar-refractivity contribution in [3.05, 3.63) is 0 Å². The van der Waals surface area contributed by atoms with Crippen LogP contribution in [0.4, 0.5) is 0 Å². The quantitative estimate of drug-likeness (QED) is 0.767. The largest absolute Gasteiger partial charge is 0.311 e. The second kappa shape index (κ2) is 7.38. The molecule has 0 spiro atoms. The summed E-state index contributed by atoms with van der Waals surface area (Å²) in [6, 6.07) is 1.40. The van der Waals surface area contributed by atoms with E-state index in [1.807, 2.05) is 0 Å². The lowest BCUT2D eigenvalue weighted by Crippen LogP contribution is -2.58. The highest BCUT2D eigenvalue weighted by Gasteiger charge is 2.28. The van der Waals surface area contributed by atoms with Crippen molar-refractivity contribution < 1.29 is 0 Å². The van der Waals surface area contributed by atoms with Crippen LogP contribution in [0.3, 0.4) is 0 Å². The first kappa shape index (κ1) is 15.0. The summed E-state index contributed by atoms with van der Waals surface area (Å²) in [4.78, 5) is 2.70. The molecular formula is C15H32N2. The first-order chi connectivity index (χ1) is 8.08. The van der Waals surface area contributed by atoms with Crippen molar-refractivity contribution >= 4 is 0 Å². The summed E-state index contributed by atoms with van der Waals surface area (Å²) in [6.45, 7) is 15.4. The molecule has 102 valence electrons. The van der Waals surface area contributed by atoms with E-state index in [2.05, 4.69) is 44.8 Å². The van der Waals surface area contributed by atoms with Crippen LogP contribution < -0.4 is 5.32 Å². The molecule has 0 aromatic heterocycles. The maximum absolute atomic E-state index is 3.71. The highest BCUT2D eigenvalue weighted by atomic mass is 15.2. The Balaban J connectivity index is 2.45. The molecule has 0 amide bonds. The molecule has 2 nitrogen and oxygen atoms in total. The van der Waals surface area contributed by atoms with Crippen LogP contribution in [0.5, 0.6) is 0 Å². The summed E-state index contributed by atoms with van der Waals surface area (Å²) in [5.41, 5.74) is 0. The van der Waals surface area contributed by atoms with E-state index in [1.54, 1.807) is 0 Å². The summed E-state index contributed by atoms with van der Waals surface area (Å²) < 4.78 is 0. The Bertz CT molecular complexity index is 205. The lowest BCUT2D eigenvalue weighted by molar-refractivity contribution is 0.102. The zero-order valence-corrected chi connectivity index (χ0v) is 12.5. The standard InChI is InChI=1S/C15H32N2/c1-6-8-12(3)10-17-11-15(13(4)7-2)16-9-14(17)5/h12-16H,6-11H2,1-5H3. The molecule has 0 aromatic carbocycles. The zero-order valence-electron chi connectivity index (χ0n) is 12.5. The number of nitrogens with zero attached hydrogens (tertiary/aromatic N) is 1. The number of rotatable bonds is 6. The molecule has 0 bridgehead atoms. The fraction of sp³-hybridized carbons (Fsp3) is 1.00. The minimum absolute atomic E-state index is 0.699. The topological polar surface area (TPSA) is 15.3 Å². The second-order valence-corrected chi connectivity index (χ2v) is 6.10. The van der Waals surface area contributed by atoms with Gasteiger partial charge in [0.2, 0.25) is 0 Å².